The highest BCUT2D eigenvalue weighted by Crippen LogP contribution is 2.17. The Morgan fingerprint density at radius 1 is 1.00 bits per heavy atom. The van der Waals surface area contributed by atoms with E-state index in [0.717, 1.165) is 15.6 Å². The topological polar surface area (TPSA) is 76.7 Å². The van der Waals surface area contributed by atoms with E-state index in [9.17, 15) is 9.59 Å². The Balaban J connectivity index is 1.75. The van der Waals surface area contributed by atoms with Crippen LogP contribution in [0, 0.1) is 13.8 Å². The summed E-state index contributed by atoms with van der Waals surface area (Å²) in [5, 5.41) is 0. The molecule has 2 rings (SSSR count). The summed E-state index contributed by atoms with van der Waals surface area (Å²) in [6.45, 7) is 5.29. The molecule has 0 radical (unpaired) electrons. The number of hydrogen-bond donors (Lipinski definition) is 2. The molecule has 6 nitrogen and oxygen atoms in total. The molecule has 0 bridgehead atoms. The molecule has 0 saturated carbocycles. The lowest BCUT2D eigenvalue weighted by molar-refractivity contribution is -0.133. The van der Waals surface area contributed by atoms with Crippen LogP contribution in [-0.2, 0) is 9.59 Å². The molecule has 7 heteroatoms. The molecule has 2 amide bonds. The molecular weight excluding hydrogens is 400 g/mol. The summed E-state index contributed by atoms with van der Waals surface area (Å²) in [6.07, 6.45) is -0.767. The SMILES string of the molecule is Cc1cc(C)cc(OCC(=O)NNC(=O)C(C)Oc2ccc(Br)cc2)c1. The number of amides is 2. The lowest BCUT2D eigenvalue weighted by Gasteiger charge is -2.15. The van der Waals surface area contributed by atoms with Crippen molar-refractivity contribution in [1.29, 1.82) is 0 Å². The summed E-state index contributed by atoms with van der Waals surface area (Å²) in [7, 11) is 0. The number of hydrazine groups is 1. The first-order chi connectivity index (χ1) is 12.3. The van der Waals surface area contributed by atoms with Gasteiger partial charge in [0.25, 0.3) is 11.8 Å². The average Bonchev–Trinajstić information content (AvgIpc) is 2.59. The van der Waals surface area contributed by atoms with Crippen LogP contribution in [0.3, 0.4) is 0 Å². The van der Waals surface area contributed by atoms with Crippen LogP contribution in [0.2, 0.25) is 0 Å². The normalized spacial score (nSPS) is 11.4. The molecule has 0 spiro atoms. The Labute approximate surface area is 161 Å². The second-order valence-electron chi connectivity index (χ2n) is 5.86. The van der Waals surface area contributed by atoms with Crippen molar-refractivity contribution in [2.24, 2.45) is 0 Å². The predicted molar refractivity (Wildman–Crippen MR) is 102 cm³/mol. The third kappa shape index (κ3) is 6.40. The molecule has 0 fully saturated rings. The number of aryl methyl sites for hydroxylation is 2. The van der Waals surface area contributed by atoms with Crippen molar-refractivity contribution in [2.75, 3.05) is 6.61 Å². The number of benzene rings is 2. The first kappa shape index (κ1) is 19.8. The van der Waals surface area contributed by atoms with Gasteiger partial charge in [-0.2, -0.15) is 0 Å². The fraction of sp³-hybridized carbons (Fsp3) is 0.263. The molecule has 0 aliphatic rings. The molecule has 2 aromatic carbocycles. The van der Waals surface area contributed by atoms with E-state index in [1.807, 2.05) is 44.2 Å². The Morgan fingerprint density at radius 3 is 2.23 bits per heavy atom. The zero-order chi connectivity index (χ0) is 19.1. The highest BCUT2D eigenvalue weighted by molar-refractivity contribution is 9.10. The summed E-state index contributed by atoms with van der Waals surface area (Å²) < 4.78 is 11.8. The van der Waals surface area contributed by atoms with Gasteiger partial charge in [-0.05, 0) is 68.3 Å². The molecule has 138 valence electrons. The third-order valence-corrected chi connectivity index (χ3v) is 3.91. The van der Waals surface area contributed by atoms with Crippen LogP contribution < -0.4 is 20.3 Å². The van der Waals surface area contributed by atoms with Gasteiger partial charge in [-0.3, -0.25) is 20.4 Å². The summed E-state index contributed by atoms with van der Waals surface area (Å²) in [6, 6.07) is 12.8. The summed E-state index contributed by atoms with van der Waals surface area (Å²) in [5.74, 6) is 0.234. The van der Waals surface area contributed by atoms with Crippen LogP contribution in [0.15, 0.2) is 46.9 Å². The fourth-order valence-corrected chi connectivity index (χ4v) is 2.47. The van der Waals surface area contributed by atoms with E-state index in [4.69, 9.17) is 9.47 Å². The van der Waals surface area contributed by atoms with Gasteiger partial charge in [0.1, 0.15) is 11.5 Å². The quantitative estimate of drug-likeness (QED) is 0.703. The average molecular weight is 421 g/mol. The minimum atomic E-state index is -0.767. The number of halogens is 1. The molecular formula is C19H21BrN2O4. The van der Waals surface area contributed by atoms with Crippen molar-refractivity contribution < 1.29 is 19.1 Å². The Hall–Kier alpha value is -2.54. The second-order valence-corrected chi connectivity index (χ2v) is 6.78. The number of ether oxygens (including phenoxy) is 2. The molecule has 0 aliphatic heterocycles. The molecule has 0 aromatic heterocycles. The smallest absolute Gasteiger partial charge is 0.279 e. The Bertz CT molecular complexity index is 757. The Kier molecular flexibility index (Phi) is 7.03. The van der Waals surface area contributed by atoms with Crippen molar-refractivity contribution in [1.82, 2.24) is 10.9 Å². The highest BCUT2D eigenvalue weighted by Gasteiger charge is 2.15. The van der Waals surface area contributed by atoms with E-state index in [2.05, 4.69) is 26.8 Å². The molecule has 0 saturated heterocycles. The van der Waals surface area contributed by atoms with E-state index in [0.29, 0.717) is 11.5 Å². The zero-order valence-corrected chi connectivity index (χ0v) is 16.4. The predicted octanol–water partition coefficient (Wildman–Crippen LogP) is 3.06. The van der Waals surface area contributed by atoms with Gasteiger partial charge in [0.15, 0.2) is 12.7 Å². The van der Waals surface area contributed by atoms with E-state index in [1.165, 1.54) is 0 Å². The van der Waals surface area contributed by atoms with Crippen LogP contribution in [0.1, 0.15) is 18.1 Å². The monoisotopic (exact) mass is 420 g/mol. The minimum absolute atomic E-state index is 0.203. The maximum Gasteiger partial charge on any atom is 0.279 e. The molecule has 26 heavy (non-hydrogen) atoms. The Morgan fingerprint density at radius 2 is 1.62 bits per heavy atom. The van der Waals surface area contributed by atoms with Gasteiger partial charge in [0.05, 0.1) is 0 Å². The van der Waals surface area contributed by atoms with Gasteiger partial charge in [0, 0.05) is 4.47 Å². The van der Waals surface area contributed by atoms with Gasteiger partial charge < -0.3 is 9.47 Å². The van der Waals surface area contributed by atoms with Gasteiger partial charge >= 0.3 is 0 Å². The van der Waals surface area contributed by atoms with Crippen molar-refractivity contribution in [3.8, 4) is 11.5 Å². The van der Waals surface area contributed by atoms with E-state index < -0.39 is 17.9 Å². The van der Waals surface area contributed by atoms with Crippen molar-refractivity contribution in [3.05, 3.63) is 58.1 Å². The lowest BCUT2D eigenvalue weighted by atomic mass is 10.1. The second kappa shape index (κ2) is 9.24. The van der Waals surface area contributed by atoms with Crippen molar-refractivity contribution in [3.63, 3.8) is 0 Å². The minimum Gasteiger partial charge on any atom is -0.484 e. The number of carbonyl (C=O) groups is 2. The molecule has 1 unspecified atom stereocenters. The summed E-state index contributed by atoms with van der Waals surface area (Å²) >= 11 is 3.33. The van der Waals surface area contributed by atoms with Crippen LogP contribution in [0.5, 0.6) is 11.5 Å². The van der Waals surface area contributed by atoms with Gasteiger partial charge in [0.2, 0.25) is 0 Å². The fourth-order valence-electron chi connectivity index (χ4n) is 2.20. The standard InChI is InChI=1S/C19H21BrN2O4/c1-12-8-13(2)10-17(9-12)25-11-18(23)21-22-19(24)14(3)26-16-6-4-15(20)5-7-16/h4-10,14H,11H2,1-3H3,(H,21,23)(H,22,24). The van der Waals surface area contributed by atoms with Gasteiger partial charge in [-0.1, -0.05) is 22.0 Å². The number of carbonyl (C=O) groups excluding carboxylic acids is 2. The van der Waals surface area contributed by atoms with Gasteiger partial charge in [-0.25, -0.2) is 0 Å². The number of nitrogens with one attached hydrogen (secondary N) is 2. The van der Waals surface area contributed by atoms with Crippen molar-refractivity contribution >= 4 is 27.7 Å². The number of rotatable bonds is 6. The van der Waals surface area contributed by atoms with Crippen LogP contribution in [-0.4, -0.2) is 24.5 Å². The van der Waals surface area contributed by atoms with Crippen molar-refractivity contribution in [2.45, 2.75) is 26.9 Å². The van der Waals surface area contributed by atoms with Gasteiger partial charge in [-0.15, -0.1) is 0 Å². The summed E-state index contributed by atoms with van der Waals surface area (Å²) in [5.41, 5.74) is 6.72. The zero-order valence-electron chi connectivity index (χ0n) is 14.8. The molecule has 0 heterocycles. The van der Waals surface area contributed by atoms with Crippen LogP contribution >= 0.6 is 15.9 Å². The molecule has 1 atom stereocenters. The first-order valence-corrected chi connectivity index (χ1v) is 8.85. The largest absolute Gasteiger partial charge is 0.484 e. The molecule has 2 aromatic rings. The maximum atomic E-state index is 12.0. The first-order valence-electron chi connectivity index (χ1n) is 8.05. The van der Waals surface area contributed by atoms with E-state index in [1.54, 1.807) is 19.1 Å². The molecule has 0 aliphatic carbocycles. The van der Waals surface area contributed by atoms with E-state index in [-0.39, 0.29) is 6.61 Å². The number of hydrogen-bond acceptors (Lipinski definition) is 4. The van der Waals surface area contributed by atoms with Crippen LogP contribution in [0.25, 0.3) is 0 Å². The van der Waals surface area contributed by atoms with Crippen LogP contribution in [0.4, 0.5) is 0 Å². The highest BCUT2D eigenvalue weighted by atomic mass is 79.9. The molecule has 2 N–H and O–H groups in total. The maximum absolute atomic E-state index is 12.0. The lowest BCUT2D eigenvalue weighted by Crippen LogP contribution is -2.48. The van der Waals surface area contributed by atoms with E-state index >= 15 is 0 Å². The third-order valence-electron chi connectivity index (χ3n) is 3.39. The summed E-state index contributed by atoms with van der Waals surface area (Å²) in [4.78, 5) is 23.8.